The molecule has 0 unspecified atom stereocenters. The number of nitrogens with zero attached hydrogens (tertiary/aromatic N) is 1. The average molecular weight is 273 g/mol. The van der Waals surface area contributed by atoms with E-state index in [1.165, 1.54) is 12.1 Å². The van der Waals surface area contributed by atoms with Crippen LogP contribution in [0.3, 0.4) is 0 Å². The molecule has 0 heterocycles. The summed E-state index contributed by atoms with van der Waals surface area (Å²) in [6.45, 7) is 2.79. The van der Waals surface area contributed by atoms with Gasteiger partial charge < -0.3 is 4.74 Å². The average Bonchev–Trinajstić information content (AvgIpc) is 2.29. The van der Waals surface area contributed by atoms with Crippen molar-refractivity contribution in [2.24, 2.45) is 0 Å². The number of rotatable bonds is 5. The highest BCUT2D eigenvalue weighted by Crippen LogP contribution is 2.14. The number of hydroxylamine groups is 1. The number of carbonyl (C=O) groups excluding carboxylic acids is 1. The molecule has 0 aliphatic heterocycles. The van der Waals surface area contributed by atoms with Gasteiger partial charge in [-0.1, -0.05) is 22.2 Å². The van der Waals surface area contributed by atoms with Gasteiger partial charge in [-0.3, -0.25) is 10.0 Å². The molecule has 0 radical (unpaired) electrons. The van der Waals surface area contributed by atoms with Crippen molar-refractivity contribution in [2.75, 3.05) is 13.2 Å². The van der Waals surface area contributed by atoms with Crippen LogP contribution in [0.25, 0.3) is 0 Å². The number of esters is 1. The maximum absolute atomic E-state index is 11.9. The lowest BCUT2D eigenvalue weighted by atomic mass is 10.2. The second kappa shape index (κ2) is 5.94. The van der Waals surface area contributed by atoms with Gasteiger partial charge in [-0.25, -0.2) is 8.42 Å². The SMILES string of the molecule is CCOC(=O)CN(O)S(=O)(=O)c1ccc(C)cc1. The Bertz CT molecular complexity index is 509. The summed E-state index contributed by atoms with van der Waals surface area (Å²) in [5.41, 5.74) is 0.892. The molecule has 0 fully saturated rings. The van der Waals surface area contributed by atoms with Crippen molar-refractivity contribution in [1.29, 1.82) is 0 Å². The number of carbonyl (C=O) groups is 1. The summed E-state index contributed by atoms with van der Waals surface area (Å²) >= 11 is 0. The third-order valence-corrected chi connectivity index (χ3v) is 3.72. The Morgan fingerprint density at radius 2 is 1.89 bits per heavy atom. The molecular weight excluding hydrogens is 258 g/mol. The zero-order chi connectivity index (χ0) is 13.8. The first kappa shape index (κ1) is 14.6. The molecule has 7 heteroatoms. The molecule has 100 valence electrons. The quantitative estimate of drug-likeness (QED) is 0.637. The molecule has 0 spiro atoms. The van der Waals surface area contributed by atoms with E-state index in [4.69, 9.17) is 0 Å². The Balaban J connectivity index is 2.86. The highest BCUT2D eigenvalue weighted by atomic mass is 32.2. The summed E-state index contributed by atoms with van der Waals surface area (Å²) in [7, 11) is -4.08. The summed E-state index contributed by atoms with van der Waals surface area (Å²) in [5, 5.41) is 9.44. The van der Waals surface area contributed by atoms with Crippen LogP contribution in [0.5, 0.6) is 0 Å². The monoisotopic (exact) mass is 273 g/mol. The molecule has 1 N–H and O–H groups in total. The van der Waals surface area contributed by atoms with Crippen molar-refractivity contribution in [3.05, 3.63) is 29.8 Å². The lowest BCUT2D eigenvalue weighted by molar-refractivity contribution is -0.148. The number of aryl methyl sites for hydroxylation is 1. The Hall–Kier alpha value is -1.44. The topological polar surface area (TPSA) is 83.9 Å². The second-order valence-electron chi connectivity index (χ2n) is 3.60. The van der Waals surface area contributed by atoms with Crippen LogP contribution in [-0.2, 0) is 19.6 Å². The fraction of sp³-hybridized carbons (Fsp3) is 0.364. The predicted octanol–water partition coefficient (Wildman–Crippen LogP) is 0.938. The molecule has 0 aliphatic carbocycles. The van der Waals surface area contributed by atoms with Crippen molar-refractivity contribution in [3.8, 4) is 0 Å². The molecular formula is C11H15NO5S. The van der Waals surface area contributed by atoms with Crippen molar-refractivity contribution >= 4 is 16.0 Å². The third kappa shape index (κ3) is 3.52. The molecule has 1 aromatic rings. The summed E-state index contributed by atoms with van der Waals surface area (Å²) in [6, 6.07) is 5.92. The third-order valence-electron chi connectivity index (χ3n) is 2.17. The van der Waals surface area contributed by atoms with Gasteiger partial charge in [0.2, 0.25) is 0 Å². The Labute approximate surface area is 106 Å². The van der Waals surface area contributed by atoms with Crippen LogP contribution < -0.4 is 0 Å². The van der Waals surface area contributed by atoms with Crippen LogP contribution in [0.15, 0.2) is 29.2 Å². The van der Waals surface area contributed by atoms with E-state index in [1.807, 2.05) is 6.92 Å². The number of ether oxygens (including phenoxy) is 1. The fourth-order valence-corrected chi connectivity index (χ4v) is 2.23. The van der Waals surface area contributed by atoms with Crippen molar-refractivity contribution in [1.82, 2.24) is 4.47 Å². The van der Waals surface area contributed by atoms with Gasteiger partial charge in [-0.2, -0.15) is 0 Å². The van der Waals surface area contributed by atoms with Gasteiger partial charge in [0.15, 0.2) is 0 Å². The van der Waals surface area contributed by atoms with Gasteiger partial charge in [0.05, 0.1) is 11.5 Å². The first-order valence-corrected chi connectivity index (χ1v) is 6.76. The summed E-state index contributed by atoms with van der Waals surface area (Å²) in [4.78, 5) is 11.0. The van der Waals surface area contributed by atoms with E-state index >= 15 is 0 Å². The molecule has 0 bridgehead atoms. The van der Waals surface area contributed by atoms with E-state index in [0.717, 1.165) is 5.56 Å². The number of hydrogen-bond acceptors (Lipinski definition) is 5. The molecule has 0 atom stereocenters. The van der Waals surface area contributed by atoms with Crippen molar-refractivity contribution in [2.45, 2.75) is 18.7 Å². The van der Waals surface area contributed by atoms with Gasteiger partial charge in [0, 0.05) is 0 Å². The minimum atomic E-state index is -4.08. The first-order valence-electron chi connectivity index (χ1n) is 5.32. The Morgan fingerprint density at radius 1 is 1.33 bits per heavy atom. The highest BCUT2D eigenvalue weighted by Gasteiger charge is 2.25. The minimum Gasteiger partial charge on any atom is -0.465 e. The largest absolute Gasteiger partial charge is 0.465 e. The molecule has 0 saturated heterocycles. The van der Waals surface area contributed by atoms with E-state index in [0.29, 0.717) is 0 Å². The van der Waals surface area contributed by atoms with E-state index < -0.39 is 22.5 Å². The predicted molar refractivity (Wildman–Crippen MR) is 63.5 cm³/mol. The van der Waals surface area contributed by atoms with Crippen LogP contribution in [-0.4, -0.2) is 37.2 Å². The number of benzene rings is 1. The second-order valence-corrected chi connectivity index (χ2v) is 5.45. The van der Waals surface area contributed by atoms with Crippen molar-refractivity contribution < 1.29 is 23.2 Å². The zero-order valence-electron chi connectivity index (χ0n) is 10.2. The van der Waals surface area contributed by atoms with Gasteiger partial charge in [-0.15, -0.1) is 0 Å². The number of hydrogen-bond donors (Lipinski definition) is 1. The van der Waals surface area contributed by atoms with E-state index in [2.05, 4.69) is 4.74 Å². The molecule has 6 nitrogen and oxygen atoms in total. The van der Waals surface area contributed by atoms with E-state index in [-0.39, 0.29) is 16.0 Å². The minimum absolute atomic E-state index is 0.0182. The maximum Gasteiger partial charge on any atom is 0.323 e. The van der Waals surface area contributed by atoms with Gasteiger partial charge in [-0.05, 0) is 26.0 Å². The smallest absolute Gasteiger partial charge is 0.323 e. The normalized spacial score (nSPS) is 11.6. The molecule has 1 rings (SSSR count). The molecule has 1 aromatic carbocycles. The Morgan fingerprint density at radius 3 is 2.39 bits per heavy atom. The van der Waals surface area contributed by atoms with Crippen molar-refractivity contribution in [3.63, 3.8) is 0 Å². The zero-order valence-corrected chi connectivity index (χ0v) is 11.0. The Kier molecular flexibility index (Phi) is 4.83. The van der Waals surface area contributed by atoms with Gasteiger partial charge in [0.25, 0.3) is 10.0 Å². The fourth-order valence-electron chi connectivity index (χ4n) is 1.23. The number of sulfonamides is 1. The summed E-state index contributed by atoms with van der Waals surface area (Å²) < 4.78 is 28.2. The van der Waals surface area contributed by atoms with Crippen LogP contribution in [0.1, 0.15) is 12.5 Å². The standard InChI is InChI=1S/C11H15NO5S/c1-3-17-11(13)8-12(14)18(15,16)10-6-4-9(2)5-7-10/h4-7,14H,3,8H2,1-2H3. The first-order chi connectivity index (χ1) is 8.37. The van der Waals surface area contributed by atoms with Gasteiger partial charge >= 0.3 is 5.97 Å². The summed E-state index contributed by atoms with van der Waals surface area (Å²) in [6.07, 6.45) is 0. The van der Waals surface area contributed by atoms with Crippen LogP contribution in [0, 0.1) is 6.92 Å². The lowest BCUT2D eigenvalue weighted by Crippen LogP contribution is -2.33. The van der Waals surface area contributed by atoms with Crippen LogP contribution >= 0.6 is 0 Å². The maximum atomic E-state index is 11.9. The van der Waals surface area contributed by atoms with Gasteiger partial charge in [0.1, 0.15) is 6.54 Å². The molecule has 18 heavy (non-hydrogen) atoms. The van der Waals surface area contributed by atoms with Crippen LogP contribution in [0.2, 0.25) is 0 Å². The molecule has 0 saturated carbocycles. The van der Waals surface area contributed by atoms with E-state index in [9.17, 15) is 18.4 Å². The lowest BCUT2D eigenvalue weighted by Gasteiger charge is -2.14. The van der Waals surface area contributed by atoms with E-state index in [1.54, 1.807) is 19.1 Å². The molecule has 0 amide bonds. The molecule has 0 aliphatic rings. The molecule has 0 aromatic heterocycles. The van der Waals surface area contributed by atoms with Crippen LogP contribution in [0.4, 0.5) is 0 Å². The highest BCUT2D eigenvalue weighted by molar-refractivity contribution is 7.89. The summed E-state index contributed by atoms with van der Waals surface area (Å²) in [5.74, 6) is -0.810.